The van der Waals surface area contributed by atoms with Gasteiger partial charge >= 0.3 is 0 Å². The topological polar surface area (TPSA) is 39.3 Å². The van der Waals surface area contributed by atoms with Gasteiger partial charge in [-0.1, -0.05) is 25.1 Å². The Morgan fingerprint density at radius 3 is 3.05 bits per heavy atom. The second-order valence-electron chi connectivity index (χ2n) is 7.46. The molecule has 1 aliphatic carbocycles. The van der Waals surface area contributed by atoms with Crippen molar-refractivity contribution in [1.29, 1.82) is 0 Å². The van der Waals surface area contributed by atoms with Gasteiger partial charge in [0.2, 0.25) is 0 Å². The second-order valence-corrected chi connectivity index (χ2v) is 7.46. The number of aromatic nitrogens is 1. The SMILES string of the molecule is CC[C@H]1C(O)[C@@H]2C[C@H]3c4[nH]c5ccccc5c4CCN(C2)[C@H]31. The zero-order chi connectivity index (χ0) is 14.8. The lowest BCUT2D eigenvalue weighted by Gasteiger charge is -2.55. The molecule has 116 valence electrons. The molecule has 3 fully saturated rings. The highest BCUT2D eigenvalue weighted by Crippen LogP contribution is 2.51. The molecule has 2 N–H and O–H groups in total. The first-order valence-electron chi connectivity index (χ1n) is 8.79. The highest BCUT2D eigenvalue weighted by atomic mass is 16.3. The second kappa shape index (κ2) is 4.59. The number of H-pyrrole nitrogens is 1. The molecule has 6 rings (SSSR count). The van der Waals surface area contributed by atoms with Crippen molar-refractivity contribution in [1.82, 2.24) is 9.88 Å². The first-order valence-corrected chi connectivity index (χ1v) is 8.79. The van der Waals surface area contributed by atoms with E-state index in [1.807, 2.05) is 0 Å². The van der Waals surface area contributed by atoms with Crippen molar-refractivity contribution in [3.8, 4) is 0 Å². The Morgan fingerprint density at radius 2 is 2.18 bits per heavy atom. The van der Waals surface area contributed by atoms with E-state index in [-0.39, 0.29) is 6.10 Å². The summed E-state index contributed by atoms with van der Waals surface area (Å²) in [5.41, 5.74) is 4.31. The molecule has 0 amide bonds. The molecule has 4 aliphatic rings. The number of aromatic amines is 1. The summed E-state index contributed by atoms with van der Waals surface area (Å²) in [6, 6.07) is 9.27. The maximum Gasteiger partial charge on any atom is 0.0624 e. The van der Waals surface area contributed by atoms with Gasteiger partial charge in [0.1, 0.15) is 0 Å². The fraction of sp³-hybridized carbons (Fsp3) is 0.579. The summed E-state index contributed by atoms with van der Waals surface area (Å²) < 4.78 is 0. The normalized spacial score (nSPS) is 39.7. The van der Waals surface area contributed by atoms with Gasteiger partial charge in [0, 0.05) is 47.6 Å². The summed E-state index contributed by atoms with van der Waals surface area (Å²) in [5.74, 6) is 1.48. The Hall–Kier alpha value is -1.32. The van der Waals surface area contributed by atoms with Crippen LogP contribution < -0.4 is 0 Å². The highest BCUT2D eigenvalue weighted by molar-refractivity contribution is 5.85. The third kappa shape index (κ3) is 1.59. The average Bonchev–Trinajstić information content (AvgIpc) is 2.88. The third-order valence-electron chi connectivity index (χ3n) is 6.56. The number of nitrogens with one attached hydrogen (secondary N) is 1. The zero-order valence-corrected chi connectivity index (χ0v) is 13.1. The number of piperidine rings is 2. The first kappa shape index (κ1) is 13.1. The van der Waals surface area contributed by atoms with Crippen LogP contribution in [0.1, 0.15) is 36.9 Å². The van der Waals surface area contributed by atoms with Crippen LogP contribution in [0.4, 0.5) is 0 Å². The number of benzene rings is 1. The van der Waals surface area contributed by atoms with E-state index >= 15 is 0 Å². The van der Waals surface area contributed by atoms with E-state index in [0.29, 0.717) is 23.8 Å². The van der Waals surface area contributed by atoms with E-state index in [4.69, 9.17) is 0 Å². The van der Waals surface area contributed by atoms with Crippen molar-refractivity contribution >= 4 is 10.9 Å². The summed E-state index contributed by atoms with van der Waals surface area (Å²) in [6.45, 7) is 4.49. The predicted molar refractivity (Wildman–Crippen MR) is 88.0 cm³/mol. The number of rotatable bonds is 1. The summed E-state index contributed by atoms with van der Waals surface area (Å²) in [5, 5.41) is 12.1. The molecule has 2 saturated heterocycles. The summed E-state index contributed by atoms with van der Waals surface area (Å²) in [6.07, 6.45) is 3.29. The average molecular weight is 296 g/mol. The monoisotopic (exact) mass is 296 g/mol. The molecule has 1 saturated carbocycles. The Labute approximate surface area is 131 Å². The van der Waals surface area contributed by atoms with E-state index in [2.05, 4.69) is 41.1 Å². The largest absolute Gasteiger partial charge is 0.392 e. The zero-order valence-electron chi connectivity index (χ0n) is 13.1. The molecule has 1 aromatic heterocycles. The van der Waals surface area contributed by atoms with Crippen LogP contribution in [-0.2, 0) is 6.42 Å². The van der Waals surface area contributed by atoms with Gasteiger partial charge in [-0.15, -0.1) is 0 Å². The Kier molecular flexibility index (Phi) is 2.74. The molecule has 6 atom stereocenters. The van der Waals surface area contributed by atoms with Gasteiger partial charge in [0.15, 0.2) is 0 Å². The molecule has 3 nitrogen and oxygen atoms in total. The van der Waals surface area contributed by atoms with Crippen LogP contribution in [-0.4, -0.2) is 40.2 Å². The lowest BCUT2D eigenvalue weighted by atomic mass is 9.63. The molecular formula is C19H24N2O. The maximum atomic E-state index is 10.7. The van der Waals surface area contributed by atoms with Gasteiger partial charge in [0.25, 0.3) is 0 Å². The van der Waals surface area contributed by atoms with Crippen LogP contribution in [0.5, 0.6) is 0 Å². The molecule has 1 aromatic carbocycles. The minimum absolute atomic E-state index is 0.0894. The summed E-state index contributed by atoms with van der Waals surface area (Å²) in [4.78, 5) is 6.43. The molecule has 2 unspecified atom stereocenters. The summed E-state index contributed by atoms with van der Waals surface area (Å²) >= 11 is 0. The van der Waals surface area contributed by atoms with Gasteiger partial charge in [-0.05, 0) is 36.8 Å². The van der Waals surface area contributed by atoms with Gasteiger partial charge in [-0.3, -0.25) is 4.90 Å². The van der Waals surface area contributed by atoms with Crippen molar-refractivity contribution in [2.45, 2.75) is 44.2 Å². The molecule has 0 radical (unpaired) electrons. The fourth-order valence-corrected chi connectivity index (χ4v) is 5.66. The van der Waals surface area contributed by atoms with Gasteiger partial charge < -0.3 is 10.1 Å². The van der Waals surface area contributed by atoms with Crippen LogP contribution in [0.25, 0.3) is 10.9 Å². The fourth-order valence-electron chi connectivity index (χ4n) is 5.66. The minimum Gasteiger partial charge on any atom is -0.392 e. The van der Waals surface area contributed by atoms with Gasteiger partial charge in [0.05, 0.1) is 6.10 Å². The number of para-hydroxylation sites is 1. The molecule has 0 spiro atoms. The van der Waals surface area contributed by atoms with Crippen molar-refractivity contribution in [3.05, 3.63) is 35.5 Å². The molecule has 3 heteroatoms. The Morgan fingerprint density at radius 1 is 1.32 bits per heavy atom. The van der Waals surface area contributed by atoms with E-state index < -0.39 is 0 Å². The van der Waals surface area contributed by atoms with Crippen LogP contribution in [0, 0.1) is 11.8 Å². The number of hydrogen-bond donors (Lipinski definition) is 2. The molecule has 2 aromatic rings. The maximum absolute atomic E-state index is 10.7. The molecule has 4 heterocycles. The lowest BCUT2D eigenvalue weighted by Crippen LogP contribution is -2.62. The van der Waals surface area contributed by atoms with Crippen LogP contribution in [0.15, 0.2) is 24.3 Å². The minimum atomic E-state index is -0.0894. The Balaban J connectivity index is 1.68. The van der Waals surface area contributed by atoms with Crippen LogP contribution in [0.2, 0.25) is 0 Å². The van der Waals surface area contributed by atoms with Crippen molar-refractivity contribution in [2.75, 3.05) is 13.1 Å². The van der Waals surface area contributed by atoms with Gasteiger partial charge in [-0.2, -0.15) is 0 Å². The number of fused-ring (bicyclic) bond motifs is 4. The number of aliphatic hydroxyl groups excluding tert-OH is 1. The smallest absolute Gasteiger partial charge is 0.0624 e. The summed E-state index contributed by atoms with van der Waals surface area (Å²) in [7, 11) is 0. The first-order chi connectivity index (χ1) is 10.8. The molecule has 3 aliphatic heterocycles. The molecule has 4 bridgehead atoms. The van der Waals surface area contributed by atoms with E-state index in [1.54, 1.807) is 5.56 Å². The number of nitrogens with zero attached hydrogens (tertiary/aromatic N) is 1. The van der Waals surface area contributed by atoms with Crippen molar-refractivity contribution in [2.24, 2.45) is 11.8 Å². The Bertz CT molecular complexity index is 721. The van der Waals surface area contributed by atoms with Crippen LogP contribution >= 0.6 is 0 Å². The van der Waals surface area contributed by atoms with Crippen LogP contribution in [0.3, 0.4) is 0 Å². The predicted octanol–water partition coefficient (Wildman–Crippen LogP) is 2.90. The number of aliphatic hydroxyl groups is 1. The van der Waals surface area contributed by atoms with Crippen molar-refractivity contribution < 1.29 is 5.11 Å². The lowest BCUT2D eigenvalue weighted by molar-refractivity contribution is -0.107. The number of hydrogen-bond acceptors (Lipinski definition) is 2. The highest BCUT2D eigenvalue weighted by Gasteiger charge is 2.53. The standard InChI is InChI=1S/C19H24N2O/c1-2-12-18-15-9-11(19(12)22)10-21(18)8-7-14-13-5-3-4-6-16(13)20-17(14)15/h3-6,11-12,15,18-20,22H,2,7-10H2,1H3/t11-,12-,15+,18+,19?/m1/s1. The molecular weight excluding hydrogens is 272 g/mol. The van der Waals surface area contributed by atoms with Gasteiger partial charge in [-0.25, -0.2) is 0 Å². The molecule has 22 heavy (non-hydrogen) atoms. The third-order valence-corrected chi connectivity index (χ3v) is 6.56. The van der Waals surface area contributed by atoms with Crippen molar-refractivity contribution in [3.63, 3.8) is 0 Å². The van der Waals surface area contributed by atoms with E-state index in [1.165, 1.54) is 16.6 Å². The van der Waals surface area contributed by atoms with E-state index in [9.17, 15) is 5.11 Å². The van der Waals surface area contributed by atoms with E-state index in [0.717, 1.165) is 32.4 Å². The quantitative estimate of drug-likeness (QED) is 0.849.